The van der Waals surface area contributed by atoms with E-state index < -0.39 is 0 Å². The quantitative estimate of drug-likeness (QED) is 0.610. The summed E-state index contributed by atoms with van der Waals surface area (Å²) in [5.74, 6) is 0.520. The lowest BCUT2D eigenvalue weighted by atomic mass is 9.99. The lowest BCUT2D eigenvalue weighted by Gasteiger charge is -2.16. The van der Waals surface area contributed by atoms with Crippen molar-refractivity contribution >= 4 is 28.4 Å². The SMILES string of the molecule is O=C(CCN1CCC(c2ccccc2)C1)c1cc(Cl)c2occc(=O)c2c1. The number of fused-ring (bicyclic) bond motifs is 1. The highest BCUT2D eigenvalue weighted by molar-refractivity contribution is 6.35. The number of carbonyl (C=O) groups is 1. The minimum absolute atomic E-state index is 0.00906. The van der Waals surface area contributed by atoms with Crippen LogP contribution in [0.1, 0.15) is 34.7 Å². The van der Waals surface area contributed by atoms with E-state index in [1.165, 1.54) is 17.9 Å². The summed E-state index contributed by atoms with van der Waals surface area (Å²) in [5.41, 5.74) is 1.95. The molecule has 1 unspecified atom stereocenters. The molecule has 4 nitrogen and oxygen atoms in total. The summed E-state index contributed by atoms with van der Waals surface area (Å²) in [6, 6.07) is 15.0. The maximum absolute atomic E-state index is 12.6. The molecule has 1 aromatic heterocycles. The Morgan fingerprint density at radius 2 is 2.00 bits per heavy atom. The highest BCUT2D eigenvalue weighted by Crippen LogP contribution is 2.27. The molecule has 5 heteroatoms. The molecule has 0 N–H and O–H groups in total. The molecular weight excluding hydrogens is 362 g/mol. The predicted octanol–water partition coefficient (Wildman–Crippen LogP) is 4.51. The molecule has 0 aliphatic carbocycles. The second-order valence-electron chi connectivity index (χ2n) is 6.99. The molecule has 1 atom stereocenters. The Kier molecular flexibility index (Phi) is 5.10. The third kappa shape index (κ3) is 3.82. The third-order valence-corrected chi connectivity index (χ3v) is 5.52. The molecule has 1 saturated heterocycles. The predicted molar refractivity (Wildman–Crippen MR) is 107 cm³/mol. The van der Waals surface area contributed by atoms with E-state index in [0.29, 0.717) is 40.4 Å². The summed E-state index contributed by atoms with van der Waals surface area (Å²) >= 11 is 6.20. The average Bonchev–Trinajstić information content (AvgIpc) is 3.16. The van der Waals surface area contributed by atoms with Gasteiger partial charge in [0.25, 0.3) is 0 Å². The van der Waals surface area contributed by atoms with Crippen LogP contribution in [0.4, 0.5) is 0 Å². The molecule has 4 rings (SSSR count). The second-order valence-corrected chi connectivity index (χ2v) is 7.40. The first kappa shape index (κ1) is 18.0. The topological polar surface area (TPSA) is 50.5 Å². The van der Waals surface area contributed by atoms with Gasteiger partial charge in [-0.3, -0.25) is 9.59 Å². The van der Waals surface area contributed by atoms with Gasteiger partial charge in [0.2, 0.25) is 0 Å². The molecule has 1 fully saturated rings. The molecule has 3 aromatic rings. The number of nitrogens with zero attached hydrogens (tertiary/aromatic N) is 1. The van der Waals surface area contributed by atoms with Gasteiger partial charge in [-0.15, -0.1) is 0 Å². The standard InChI is InChI=1S/C22H20ClNO3/c23-19-13-17(12-18-21(26)8-11-27-22(18)19)20(25)7-10-24-9-6-16(14-24)15-4-2-1-3-5-15/h1-5,8,11-13,16H,6-7,9-10,14H2. The normalized spacial score (nSPS) is 17.4. The first-order chi connectivity index (χ1) is 13.1. The van der Waals surface area contributed by atoms with Crippen molar-refractivity contribution in [2.24, 2.45) is 0 Å². The van der Waals surface area contributed by atoms with Crippen molar-refractivity contribution in [2.75, 3.05) is 19.6 Å². The molecule has 0 radical (unpaired) electrons. The molecule has 138 valence electrons. The van der Waals surface area contributed by atoms with Gasteiger partial charge in [-0.25, -0.2) is 0 Å². The molecule has 2 heterocycles. The maximum atomic E-state index is 12.6. The summed E-state index contributed by atoms with van der Waals surface area (Å²) in [6.07, 6.45) is 2.83. The van der Waals surface area contributed by atoms with E-state index in [2.05, 4.69) is 29.2 Å². The number of benzene rings is 2. The summed E-state index contributed by atoms with van der Waals surface area (Å²) in [4.78, 5) is 27.0. The van der Waals surface area contributed by atoms with Crippen molar-refractivity contribution in [3.63, 3.8) is 0 Å². The first-order valence-corrected chi connectivity index (χ1v) is 9.51. The van der Waals surface area contributed by atoms with Gasteiger partial charge in [-0.05, 0) is 36.6 Å². The molecular formula is C22H20ClNO3. The van der Waals surface area contributed by atoms with Crippen LogP contribution < -0.4 is 5.43 Å². The van der Waals surface area contributed by atoms with Crippen LogP contribution in [-0.4, -0.2) is 30.3 Å². The van der Waals surface area contributed by atoms with E-state index in [4.69, 9.17) is 16.0 Å². The zero-order chi connectivity index (χ0) is 18.8. The van der Waals surface area contributed by atoms with Crippen LogP contribution in [0.25, 0.3) is 11.0 Å². The zero-order valence-electron chi connectivity index (χ0n) is 14.9. The van der Waals surface area contributed by atoms with Gasteiger partial charge in [0.15, 0.2) is 16.8 Å². The van der Waals surface area contributed by atoms with Crippen LogP contribution in [0.2, 0.25) is 5.02 Å². The van der Waals surface area contributed by atoms with Gasteiger partial charge in [0.05, 0.1) is 16.7 Å². The molecule has 0 spiro atoms. The maximum Gasteiger partial charge on any atom is 0.192 e. The van der Waals surface area contributed by atoms with E-state index in [1.807, 2.05) is 6.07 Å². The van der Waals surface area contributed by atoms with Crippen LogP contribution in [0, 0.1) is 0 Å². The Balaban J connectivity index is 1.42. The second kappa shape index (κ2) is 7.67. The number of halogens is 1. The van der Waals surface area contributed by atoms with Crippen molar-refractivity contribution in [1.82, 2.24) is 4.90 Å². The molecule has 0 bridgehead atoms. The molecule has 0 saturated carbocycles. The highest BCUT2D eigenvalue weighted by Gasteiger charge is 2.24. The molecule has 1 aliphatic heterocycles. The largest absolute Gasteiger partial charge is 0.463 e. The van der Waals surface area contributed by atoms with E-state index in [9.17, 15) is 9.59 Å². The van der Waals surface area contributed by atoms with Crippen LogP contribution in [0.3, 0.4) is 0 Å². The van der Waals surface area contributed by atoms with Crippen LogP contribution >= 0.6 is 11.6 Å². The molecule has 2 aromatic carbocycles. The minimum Gasteiger partial charge on any atom is -0.463 e. The number of ketones is 1. The fourth-order valence-corrected chi connectivity index (χ4v) is 4.01. The Morgan fingerprint density at radius 1 is 1.19 bits per heavy atom. The van der Waals surface area contributed by atoms with Gasteiger partial charge in [-0.2, -0.15) is 0 Å². The molecule has 27 heavy (non-hydrogen) atoms. The van der Waals surface area contributed by atoms with E-state index in [0.717, 1.165) is 19.5 Å². The molecule has 1 aliphatic rings. The number of hydrogen-bond acceptors (Lipinski definition) is 4. The fourth-order valence-electron chi connectivity index (χ4n) is 3.75. The Hall–Kier alpha value is -2.43. The number of Topliss-reactive ketones (excluding diaryl/α,β-unsaturated/α-hetero) is 1. The van der Waals surface area contributed by atoms with Gasteiger partial charge < -0.3 is 9.32 Å². The van der Waals surface area contributed by atoms with Crippen LogP contribution in [-0.2, 0) is 0 Å². The van der Waals surface area contributed by atoms with E-state index in [-0.39, 0.29) is 11.2 Å². The summed E-state index contributed by atoms with van der Waals surface area (Å²) in [7, 11) is 0. The van der Waals surface area contributed by atoms with Crippen molar-refractivity contribution < 1.29 is 9.21 Å². The van der Waals surface area contributed by atoms with Gasteiger partial charge >= 0.3 is 0 Å². The van der Waals surface area contributed by atoms with Crippen molar-refractivity contribution in [3.8, 4) is 0 Å². The monoisotopic (exact) mass is 381 g/mol. The van der Waals surface area contributed by atoms with Crippen molar-refractivity contribution in [2.45, 2.75) is 18.8 Å². The first-order valence-electron chi connectivity index (χ1n) is 9.13. The average molecular weight is 382 g/mol. The Labute approximate surface area is 162 Å². The van der Waals surface area contributed by atoms with Crippen LogP contribution in [0.15, 0.2) is 64.0 Å². The number of rotatable bonds is 5. The lowest BCUT2D eigenvalue weighted by Crippen LogP contribution is -2.23. The summed E-state index contributed by atoms with van der Waals surface area (Å²) in [5, 5.41) is 0.637. The summed E-state index contributed by atoms with van der Waals surface area (Å²) in [6.45, 7) is 2.68. The number of likely N-dealkylation sites (tertiary alicyclic amines) is 1. The number of hydrogen-bond donors (Lipinski definition) is 0. The molecule has 0 amide bonds. The van der Waals surface area contributed by atoms with E-state index in [1.54, 1.807) is 12.1 Å². The third-order valence-electron chi connectivity index (χ3n) is 5.23. The van der Waals surface area contributed by atoms with Crippen molar-refractivity contribution in [3.05, 3.63) is 81.2 Å². The van der Waals surface area contributed by atoms with Gasteiger partial charge in [0, 0.05) is 31.1 Å². The van der Waals surface area contributed by atoms with Crippen LogP contribution in [0.5, 0.6) is 0 Å². The van der Waals surface area contributed by atoms with E-state index >= 15 is 0 Å². The smallest absolute Gasteiger partial charge is 0.192 e. The Morgan fingerprint density at radius 3 is 2.81 bits per heavy atom. The lowest BCUT2D eigenvalue weighted by molar-refractivity contribution is 0.0969. The van der Waals surface area contributed by atoms with Gasteiger partial charge in [0.1, 0.15) is 0 Å². The minimum atomic E-state index is -0.196. The highest BCUT2D eigenvalue weighted by atomic mass is 35.5. The zero-order valence-corrected chi connectivity index (χ0v) is 15.6. The van der Waals surface area contributed by atoms with Crippen molar-refractivity contribution in [1.29, 1.82) is 0 Å². The number of carbonyl (C=O) groups excluding carboxylic acids is 1. The fraction of sp³-hybridized carbons (Fsp3) is 0.273. The Bertz CT molecular complexity index is 1030. The van der Waals surface area contributed by atoms with Gasteiger partial charge in [-0.1, -0.05) is 41.9 Å². The summed E-state index contributed by atoms with van der Waals surface area (Å²) < 4.78 is 5.30.